The van der Waals surface area contributed by atoms with E-state index in [0.29, 0.717) is 23.3 Å². The van der Waals surface area contributed by atoms with E-state index >= 15 is 0 Å². The molecule has 0 radical (unpaired) electrons. The Kier molecular flexibility index (Phi) is 3.01. The van der Waals surface area contributed by atoms with Crippen LogP contribution in [0.3, 0.4) is 0 Å². The van der Waals surface area contributed by atoms with Crippen LogP contribution in [-0.4, -0.2) is 35.9 Å². The summed E-state index contributed by atoms with van der Waals surface area (Å²) in [7, 11) is 0. The molecule has 1 aromatic carbocycles. The van der Waals surface area contributed by atoms with Gasteiger partial charge in [0.2, 0.25) is 0 Å². The largest absolute Gasteiger partial charge is 0.480 e. The summed E-state index contributed by atoms with van der Waals surface area (Å²) < 4.78 is 5.36. The molecule has 0 aromatic heterocycles. The second-order valence-electron chi connectivity index (χ2n) is 3.92. The highest BCUT2D eigenvalue weighted by Gasteiger charge is 2.32. The van der Waals surface area contributed by atoms with Gasteiger partial charge in [-0.1, -0.05) is 0 Å². The molecule has 0 saturated heterocycles. The number of rotatable bonds is 3. The number of nitrogens with zero attached hydrogens (tertiary/aromatic N) is 1. The van der Waals surface area contributed by atoms with Crippen molar-refractivity contribution in [3.05, 3.63) is 23.8 Å². The number of carbonyl (C=O) groups excluding carboxylic acids is 2. The third kappa shape index (κ3) is 2.04. The Labute approximate surface area is 103 Å². The van der Waals surface area contributed by atoms with E-state index < -0.39 is 24.5 Å². The molecule has 94 valence electrons. The predicted octanol–water partition coefficient (Wildman–Crippen LogP) is 0.698. The number of aliphatic carboxylic acids is 1. The topological polar surface area (TPSA) is 83.9 Å². The molecule has 0 bridgehead atoms. The summed E-state index contributed by atoms with van der Waals surface area (Å²) in [6.07, 6.45) is -0.110. The maximum atomic E-state index is 11.9. The first-order valence-electron chi connectivity index (χ1n) is 5.32. The Bertz CT molecular complexity index is 525. The van der Waals surface area contributed by atoms with E-state index in [1.807, 2.05) is 0 Å². The van der Waals surface area contributed by atoms with Crippen molar-refractivity contribution in [3.8, 4) is 5.75 Å². The Morgan fingerprint density at radius 1 is 1.56 bits per heavy atom. The number of hydrogen-bond donors (Lipinski definition) is 1. The van der Waals surface area contributed by atoms with Crippen molar-refractivity contribution in [2.45, 2.75) is 13.0 Å². The van der Waals surface area contributed by atoms with Crippen molar-refractivity contribution in [2.75, 3.05) is 11.4 Å². The summed E-state index contributed by atoms with van der Waals surface area (Å²) in [4.78, 5) is 34.5. The molecular formula is C12H11NO5. The van der Waals surface area contributed by atoms with Crippen molar-refractivity contribution >= 4 is 23.9 Å². The number of amides is 1. The van der Waals surface area contributed by atoms with Crippen LogP contribution in [0.15, 0.2) is 18.2 Å². The molecule has 2 rings (SSSR count). The van der Waals surface area contributed by atoms with Gasteiger partial charge in [0.1, 0.15) is 18.6 Å². The number of carboxylic acid groups (broad SMARTS) is 1. The van der Waals surface area contributed by atoms with Crippen LogP contribution >= 0.6 is 0 Å². The SMILES string of the molecule is CC1Oc2ccc(C=O)cc2N(CC(=O)O)C1=O. The molecule has 0 aliphatic carbocycles. The summed E-state index contributed by atoms with van der Waals surface area (Å²) in [5.41, 5.74) is 0.667. The monoisotopic (exact) mass is 249 g/mol. The number of carboxylic acids is 1. The van der Waals surface area contributed by atoms with E-state index in [2.05, 4.69) is 0 Å². The summed E-state index contributed by atoms with van der Waals surface area (Å²) >= 11 is 0. The van der Waals surface area contributed by atoms with E-state index in [9.17, 15) is 14.4 Å². The minimum atomic E-state index is -1.13. The summed E-state index contributed by atoms with van der Waals surface area (Å²) in [6, 6.07) is 4.54. The molecule has 6 nitrogen and oxygen atoms in total. The zero-order valence-corrected chi connectivity index (χ0v) is 9.62. The van der Waals surface area contributed by atoms with Crippen molar-refractivity contribution in [2.24, 2.45) is 0 Å². The van der Waals surface area contributed by atoms with Crippen LogP contribution in [-0.2, 0) is 9.59 Å². The normalized spacial score (nSPS) is 17.9. The highest BCUT2D eigenvalue weighted by molar-refractivity contribution is 6.03. The third-order valence-electron chi connectivity index (χ3n) is 2.62. The van der Waals surface area contributed by atoms with Gasteiger partial charge in [-0.2, -0.15) is 0 Å². The average Bonchev–Trinajstić information content (AvgIpc) is 2.34. The Morgan fingerprint density at radius 2 is 2.28 bits per heavy atom. The first kappa shape index (κ1) is 12.1. The minimum Gasteiger partial charge on any atom is -0.480 e. The quantitative estimate of drug-likeness (QED) is 0.797. The lowest BCUT2D eigenvalue weighted by Gasteiger charge is -2.32. The van der Waals surface area contributed by atoms with Gasteiger partial charge in [0.25, 0.3) is 5.91 Å². The lowest BCUT2D eigenvalue weighted by atomic mass is 10.1. The van der Waals surface area contributed by atoms with Gasteiger partial charge >= 0.3 is 5.97 Å². The number of benzene rings is 1. The zero-order valence-electron chi connectivity index (χ0n) is 9.62. The molecule has 6 heteroatoms. The Morgan fingerprint density at radius 3 is 2.89 bits per heavy atom. The van der Waals surface area contributed by atoms with Crippen molar-refractivity contribution in [1.29, 1.82) is 0 Å². The van der Waals surface area contributed by atoms with E-state index in [1.54, 1.807) is 19.1 Å². The molecular weight excluding hydrogens is 238 g/mol. The van der Waals surface area contributed by atoms with Crippen LogP contribution in [0.25, 0.3) is 0 Å². The van der Waals surface area contributed by atoms with Crippen LogP contribution in [0.5, 0.6) is 5.75 Å². The molecule has 1 aromatic rings. The predicted molar refractivity (Wildman–Crippen MR) is 61.9 cm³/mol. The van der Waals surface area contributed by atoms with Gasteiger partial charge in [0.15, 0.2) is 6.10 Å². The van der Waals surface area contributed by atoms with E-state index in [-0.39, 0.29) is 0 Å². The van der Waals surface area contributed by atoms with Gasteiger partial charge in [0, 0.05) is 5.56 Å². The van der Waals surface area contributed by atoms with Crippen LogP contribution in [0.2, 0.25) is 0 Å². The number of hydrogen-bond acceptors (Lipinski definition) is 4. The lowest BCUT2D eigenvalue weighted by molar-refractivity contribution is -0.137. The number of ether oxygens (including phenoxy) is 1. The number of fused-ring (bicyclic) bond motifs is 1. The fourth-order valence-corrected chi connectivity index (χ4v) is 1.80. The first-order valence-corrected chi connectivity index (χ1v) is 5.32. The van der Waals surface area contributed by atoms with Gasteiger partial charge in [0.05, 0.1) is 5.69 Å². The van der Waals surface area contributed by atoms with Crippen LogP contribution in [0.4, 0.5) is 5.69 Å². The Balaban J connectivity index is 2.49. The third-order valence-corrected chi connectivity index (χ3v) is 2.62. The second-order valence-corrected chi connectivity index (χ2v) is 3.92. The maximum absolute atomic E-state index is 11.9. The van der Waals surface area contributed by atoms with Crippen molar-refractivity contribution < 1.29 is 24.2 Å². The molecule has 1 amide bonds. The molecule has 1 aliphatic rings. The van der Waals surface area contributed by atoms with Gasteiger partial charge in [-0.15, -0.1) is 0 Å². The summed E-state index contributed by atoms with van der Waals surface area (Å²) in [6.45, 7) is 1.09. The molecule has 1 unspecified atom stereocenters. The van der Waals surface area contributed by atoms with Gasteiger partial charge in [-0.3, -0.25) is 19.3 Å². The van der Waals surface area contributed by atoms with Gasteiger partial charge < -0.3 is 9.84 Å². The molecule has 0 fully saturated rings. The summed E-state index contributed by atoms with van der Waals surface area (Å²) in [5, 5.41) is 8.82. The van der Waals surface area contributed by atoms with Crippen molar-refractivity contribution in [3.63, 3.8) is 0 Å². The number of aldehydes is 1. The zero-order chi connectivity index (χ0) is 13.3. The lowest BCUT2D eigenvalue weighted by Crippen LogP contribution is -2.46. The fraction of sp³-hybridized carbons (Fsp3) is 0.250. The van der Waals surface area contributed by atoms with E-state index in [1.165, 1.54) is 6.07 Å². The minimum absolute atomic E-state index is 0.310. The number of carbonyl (C=O) groups is 3. The molecule has 18 heavy (non-hydrogen) atoms. The van der Waals surface area contributed by atoms with Crippen LogP contribution in [0.1, 0.15) is 17.3 Å². The van der Waals surface area contributed by atoms with Gasteiger partial charge in [-0.25, -0.2) is 0 Å². The average molecular weight is 249 g/mol. The molecule has 1 aliphatic heterocycles. The van der Waals surface area contributed by atoms with Crippen LogP contribution < -0.4 is 9.64 Å². The first-order chi connectivity index (χ1) is 8.52. The van der Waals surface area contributed by atoms with Crippen LogP contribution in [0, 0.1) is 0 Å². The van der Waals surface area contributed by atoms with Crippen molar-refractivity contribution in [1.82, 2.24) is 0 Å². The molecule has 1 N–H and O–H groups in total. The van der Waals surface area contributed by atoms with E-state index in [0.717, 1.165) is 4.90 Å². The summed E-state index contributed by atoms with van der Waals surface area (Å²) in [5.74, 6) is -1.16. The molecule has 0 saturated carbocycles. The maximum Gasteiger partial charge on any atom is 0.323 e. The highest BCUT2D eigenvalue weighted by atomic mass is 16.5. The smallest absolute Gasteiger partial charge is 0.323 e. The molecule has 0 spiro atoms. The van der Waals surface area contributed by atoms with Gasteiger partial charge in [-0.05, 0) is 25.1 Å². The molecule has 1 heterocycles. The van der Waals surface area contributed by atoms with E-state index in [4.69, 9.17) is 9.84 Å². The Hall–Kier alpha value is -2.37. The number of anilines is 1. The standard InChI is InChI=1S/C12H11NO5/c1-7-12(17)13(5-11(15)16)9-4-8(6-14)2-3-10(9)18-7/h2-4,6-7H,5H2,1H3,(H,15,16). The highest BCUT2D eigenvalue weighted by Crippen LogP contribution is 2.34. The second kappa shape index (κ2) is 4.48. The fourth-order valence-electron chi connectivity index (χ4n) is 1.80. The molecule has 1 atom stereocenters.